The predicted molar refractivity (Wildman–Crippen MR) is 109 cm³/mol. The van der Waals surface area contributed by atoms with Crippen LogP contribution >= 0.6 is 0 Å². The number of esters is 1. The molecule has 2 aromatic rings. The maximum Gasteiger partial charge on any atom is 0.338 e. The Morgan fingerprint density at radius 3 is 1.86 bits per heavy atom. The van der Waals surface area contributed by atoms with Crippen molar-refractivity contribution < 1.29 is 18.7 Å². The molecule has 0 fully saturated rings. The highest BCUT2D eigenvalue weighted by atomic mass is 19.1. The molecular weight excluding hydrogens is 357 g/mol. The van der Waals surface area contributed by atoms with Gasteiger partial charge in [0, 0.05) is 5.69 Å². The second kappa shape index (κ2) is 8.13. The van der Waals surface area contributed by atoms with Crippen LogP contribution in [0.15, 0.2) is 42.5 Å². The van der Waals surface area contributed by atoms with Gasteiger partial charge < -0.3 is 10.1 Å². The highest BCUT2D eigenvalue weighted by molar-refractivity contribution is 5.95. The summed E-state index contributed by atoms with van der Waals surface area (Å²) < 4.78 is 18.1. The number of amides is 1. The van der Waals surface area contributed by atoms with Crippen molar-refractivity contribution in [2.75, 3.05) is 11.9 Å². The molecule has 0 aliphatic rings. The molecule has 1 N–H and O–H groups in total. The van der Waals surface area contributed by atoms with Gasteiger partial charge in [0.15, 0.2) is 6.61 Å². The van der Waals surface area contributed by atoms with Gasteiger partial charge in [-0.25, -0.2) is 9.18 Å². The molecule has 1 amide bonds. The normalized spacial score (nSPS) is 11.8. The number of hydrogen-bond donors (Lipinski definition) is 1. The van der Waals surface area contributed by atoms with E-state index in [4.69, 9.17) is 4.74 Å². The summed E-state index contributed by atoms with van der Waals surface area (Å²) in [5, 5.41) is 2.56. The average molecular weight is 385 g/mol. The monoisotopic (exact) mass is 385 g/mol. The zero-order chi connectivity index (χ0) is 21.1. The van der Waals surface area contributed by atoms with Crippen LogP contribution in [0.25, 0.3) is 0 Å². The van der Waals surface area contributed by atoms with Gasteiger partial charge in [0.25, 0.3) is 5.91 Å². The Bertz CT molecular complexity index is 827. The summed E-state index contributed by atoms with van der Waals surface area (Å²) in [5.41, 5.74) is 2.66. The van der Waals surface area contributed by atoms with Gasteiger partial charge in [-0.05, 0) is 58.4 Å². The van der Waals surface area contributed by atoms with Crippen molar-refractivity contribution in [3.63, 3.8) is 0 Å². The van der Waals surface area contributed by atoms with Crippen molar-refractivity contribution in [3.8, 4) is 0 Å². The van der Waals surface area contributed by atoms with Crippen molar-refractivity contribution in [2.45, 2.75) is 52.4 Å². The van der Waals surface area contributed by atoms with E-state index in [0.717, 1.165) is 11.1 Å². The number of nitrogens with one attached hydrogen (secondary N) is 1. The van der Waals surface area contributed by atoms with Crippen LogP contribution in [0.2, 0.25) is 0 Å². The highest BCUT2D eigenvalue weighted by Gasteiger charge is 2.23. The van der Waals surface area contributed by atoms with Gasteiger partial charge in [0.2, 0.25) is 0 Å². The molecule has 0 heterocycles. The second-order valence-corrected chi connectivity index (χ2v) is 8.93. The van der Waals surface area contributed by atoms with Gasteiger partial charge in [-0.15, -0.1) is 0 Å². The van der Waals surface area contributed by atoms with Gasteiger partial charge >= 0.3 is 5.97 Å². The van der Waals surface area contributed by atoms with Gasteiger partial charge in [-0.1, -0.05) is 47.6 Å². The van der Waals surface area contributed by atoms with Gasteiger partial charge in [0.05, 0.1) is 5.56 Å². The van der Waals surface area contributed by atoms with Crippen molar-refractivity contribution in [2.24, 2.45) is 0 Å². The molecule has 0 saturated carbocycles. The van der Waals surface area contributed by atoms with E-state index in [1.54, 1.807) is 0 Å². The Balaban J connectivity index is 2.12. The molecule has 0 aliphatic carbocycles. The number of benzene rings is 2. The van der Waals surface area contributed by atoms with Crippen LogP contribution in [0, 0.1) is 5.82 Å². The molecule has 0 aromatic heterocycles. The summed E-state index contributed by atoms with van der Waals surface area (Å²) in [4.78, 5) is 24.6. The Morgan fingerprint density at radius 1 is 0.893 bits per heavy atom. The van der Waals surface area contributed by atoms with Gasteiger partial charge in [-0.3, -0.25) is 4.79 Å². The maximum absolute atomic E-state index is 12.9. The number of anilines is 1. The van der Waals surface area contributed by atoms with E-state index in [2.05, 4.69) is 52.9 Å². The van der Waals surface area contributed by atoms with Crippen LogP contribution < -0.4 is 5.32 Å². The molecule has 28 heavy (non-hydrogen) atoms. The molecule has 5 heteroatoms. The van der Waals surface area contributed by atoms with Crippen molar-refractivity contribution in [1.82, 2.24) is 0 Å². The maximum atomic E-state index is 12.9. The molecule has 0 radical (unpaired) electrons. The highest BCUT2D eigenvalue weighted by Crippen LogP contribution is 2.30. The summed E-state index contributed by atoms with van der Waals surface area (Å²) >= 11 is 0. The summed E-state index contributed by atoms with van der Waals surface area (Å²) in [6.45, 7) is 12.1. The first-order valence-corrected chi connectivity index (χ1v) is 9.25. The van der Waals surface area contributed by atoms with Crippen LogP contribution in [0.4, 0.5) is 10.1 Å². The standard InChI is InChI=1S/C23H28FNO3/c1-22(2,3)16-11-15(12-17(13-16)23(4,5)6)21(27)28-14-20(26)25-19-9-7-18(24)8-10-19/h7-13H,14H2,1-6H3,(H,25,26). The lowest BCUT2D eigenvalue weighted by Gasteiger charge is -2.25. The Hall–Kier alpha value is -2.69. The molecule has 2 aromatic carbocycles. The lowest BCUT2D eigenvalue weighted by molar-refractivity contribution is -0.119. The van der Waals surface area contributed by atoms with Crippen molar-refractivity contribution in [1.29, 1.82) is 0 Å². The molecular formula is C23H28FNO3. The first kappa shape index (κ1) is 21.6. The molecule has 0 bridgehead atoms. The van der Waals surface area contributed by atoms with Gasteiger partial charge in [0.1, 0.15) is 5.82 Å². The van der Waals surface area contributed by atoms with E-state index in [0.29, 0.717) is 11.3 Å². The number of halogens is 1. The summed E-state index contributed by atoms with van der Waals surface area (Å²) in [7, 11) is 0. The topological polar surface area (TPSA) is 55.4 Å². The summed E-state index contributed by atoms with van der Waals surface area (Å²) in [6, 6.07) is 11.1. The molecule has 0 atom stereocenters. The molecule has 2 rings (SSSR count). The molecule has 0 unspecified atom stereocenters. The fraction of sp³-hybridized carbons (Fsp3) is 0.391. The van der Waals surface area contributed by atoms with E-state index >= 15 is 0 Å². The fourth-order valence-electron chi connectivity index (χ4n) is 2.56. The number of carbonyl (C=O) groups excluding carboxylic acids is 2. The van der Waals surface area contributed by atoms with Crippen molar-refractivity contribution >= 4 is 17.6 Å². The number of rotatable bonds is 4. The first-order valence-electron chi connectivity index (χ1n) is 9.25. The van der Waals surface area contributed by atoms with Crippen LogP contribution in [-0.4, -0.2) is 18.5 Å². The Kier molecular flexibility index (Phi) is 6.27. The quantitative estimate of drug-likeness (QED) is 0.735. The van der Waals surface area contributed by atoms with E-state index < -0.39 is 24.3 Å². The number of ether oxygens (including phenoxy) is 1. The molecule has 0 aliphatic heterocycles. The molecule has 0 saturated heterocycles. The minimum absolute atomic E-state index is 0.129. The van der Waals surface area contributed by atoms with E-state index in [1.165, 1.54) is 24.3 Å². The third-order valence-corrected chi connectivity index (χ3v) is 4.36. The second-order valence-electron chi connectivity index (χ2n) is 8.93. The largest absolute Gasteiger partial charge is 0.452 e. The number of hydrogen-bond acceptors (Lipinski definition) is 3. The van der Waals surface area contributed by atoms with Crippen LogP contribution in [0.3, 0.4) is 0 Å². The minimum Gasteiger partial charge on any atom is -0.452 e. The third-order valence-electron chi connectivity index (χ3n) is 4.36. The Morgan fingerprint density at radius 2 is 1.39 bits per heavy atom. The molecule has 4 nitrogen and oxygen atoms in total. The number of carbonyl (C=O) groups is 2. The smallest absolute Gasteiger partial charge is 0.338 e. The van der Waals surface area contributed by atoms with Crippen LogP contribution in [0.1, 0.15) is 63.0 Å². The minimum atomic E-state index is -0.550. The predicted octanol–water partition coefficient (Wildman–Crippen LogP) is 5.22. The zero-order valence-corrected chi connectivity index (χ0v) is 17.4. The van der Waals surface area contributed by atoms with Crippen LogP contribution in [-0.2, 0) is 20.4 Å². The van der Waals surface area contributed by atoms with Crippen LogP contribution in [0.5, 0.6) is 0 Å². The van der Waals surface area contributed by atoms with E-state index in [-0.39, 0.29) is 10.8 Å². The summed E-state index contributed by atoms with van der Waals surface area (Å²) in [5.74, 6) is -1.42. The zero-order valence-electron chi connectivity index (χ0n) is 17.4. The van der Waals surface area contributed by atoms with Crippen molar-refractivity contribution in [3.05, 3.63) is 65.0 Å². The molecule has 150 valence electrons. The Labute approximate surface area is 166 Å². The van der Waals surface area contributed by atoms with E-state index in [1.807, 2.05) is 12.1 Å². The fourth-order valence-corrected chi connectivity index (χ4v) is 2.56. The SMILES string of the molecule is CC(C)(C)c1cc(C(=O)OCC(=O)Nc2ccc(F)cc2)cc(C(C)(C)C)c1. The third kappa shape index (κ3) is 5.91. The molecule has 0 spiro atoms. The first-order chi connectivity index (χ1) is 12.9. The lowest BCUT2D eigenvalue weighted by Crippen LogP contribution is -2.22. The summed E-state index contributed by atoms with van der Waals surface area (Å²) in [6.07, 6.45) is 0. The van der Waals surface area contributed by atoms with Gasteiger partial charge in [-0.2, -0.15) is 0 Å². The lowest BCUT2D eigenvalue weighted by atomic mass is 9.79. The van der Waals surface area contributed by atoms with E-state index in [9.17, 15) is 14.0 Å². The average Bonchev–Trinajstić information content (AvgIpc) is 2.59.